The Kier molecular flexibility index (Phi) is 6.90. The van der Waals surface area contributed by atoms with E-state index in [9.17, 15) is 0 Å². The molecule has 0 radical (unpaired) electrons. The van der Waals surface area contributed by atoms with E-state index in [4.69, 9.17) is 0 Å². The molecule has 18 heavy (non-hydrogen) atoms. The Morgan fingerprint density at radius 3 is 2.83 bits per heavy atom. The van der Waals surface area contributed by atoms with Crippen molar-refractivity contribution in [1.82, 2.24) is 25.2 Å². The van der Waals surface area contributed by atoms with Crippen LogP contribution < -0.4 is 5.32 Å². The van der Waals surface area contributed by atoms with Crippen molar-refractivity contribution < 1.29 is 0 Å². The van der Waals surface area contributed by atoms with Gasteiger partial charge in [-0.1, -0.05) is 32.4 Å². The molecule has 0 amide bonds. The average molecular weight is 253 g/mol. The molecule has 1 aromatic heterocycles. The highest BCUT2D eigenvalue weighted by Gasteiger charge is 2.08. The van der Waals surface area contributed by atoms with Crippen LogP contribution in [0.5, 0.6) is 0 Å². The number of likely N-dealkylation sites (N-methyl/N-ethyl adjacent to an activating group) is 1. The fourth-order valence-corrected chi connectivity index (χ4v) is 1.90. The average Bonchev–Trinajstić information content (AvgIpc) is 2.82. The minimum absolute atomic E-state index is 0.764. The van der Waals surface area contributed by atoms with Crippen LogP contribution >= 0.6 is 0 Å². The zero-order valence-electron chi connectivity index (χ0n) is 12.2. The molecular weight excluding hydrogens is 226 g/mol. The van der Waals surface area contributed by atoms with Gasteiger partial charge in [-0.2, -0.15) is 0 Å². The molecule has 1 rings (SSSR count). The van der Waals surface area contributed by atoms with Crippen molar-refractivity contribution in [2.75, 3.05) is 26.7 Å². The fourth-order valence-electron chi connectivity index (χ4n) is 1.90. The van der Waals surface area contributed by atoms with Gasteiger partial charge in [0.25, 0.3) is 0 Å². The molecule has 0 aliphatic carbocycles. The summed E-state index contributed by atoms with van der Waals surface area (Å²) in [6.07, 6.45) is 3.26. The second-order valence-electron chi connectivity index (χ2n) is 4.91. The van der Waals surface area contributed by atoms with Gasteiger partial charge in [0.05, 0.1) is 12.2 Å². The summed E-state index contributed by atoms with van der Waals surface area (Å²) >= 11 is 0. The fraction of sp³-hybridized carbons (Fsp3) is 0.846. The summed E-state index contributed by atoms with van der Waals surface area (Å²) in [7, 11) is 1.92. The van der Waals surface area contributed by atoms with E-state index in [-0.39, 0.29) is 0 Å². The van der Waals surface area contributed by atoms with E-state index in [0.29, 0.717) is 0 Å². The van der Waals surface area contributed by atoms with Gasteiger partial charge in [0.1, 0.15) is 0 Å². The predicted octanol–water partition coefficient (Wildman–Crippen LogP) is 1.37. The van der Waals surface area contributed by atoms with E-state index in [2.05, 4.69) is 41.3 Å². The van der Waals surface area contributed by atoms with Crippen molar-refractivity contribution in [3.8, 4) is 0 Å². The number of rotatable bonds is 9. The van der Waals surface area contributed by atoms with Crippen LogP contribution in [0.3, 0.4) is 0 Å². The monoisotopic (exact) mass is 253 g/mol. The van der Waals surface area contributed by atoms with Gasteiger partial charge in [0.2, 0.25) is 0 Å². The Bertz CT molecular complexity index is 323. The SMILES string of the molecule is CCC(C)CN(CC)CCn1cc(CNC)nn1. The van der Waals surface area contributed by atoms with Crippen LogP contribution in [-0.2, 0) is 13.1 Å². The van der Waals surface area contributed by atoms with Crippen molar-refractivity contribution in [3.63, 3.8) is 0 Å². The van der Waals surface area contributed by atoms with Crippen molar-refractivity contribution in [2.24, 2.45) is 5.92 Å². The van der Waals surface area contributed by atoms with Crippen molar-refractivity contribution in [2.45, 2.75) is 40.3 Å². The molecule has 1 unspecified atom stereocenters. The third kappa shape index (κ3) is 5.14. The lowest BCUT2D eigenvalue weighted by Gasteiger charge is -2.23. The summed E-state index contributed by atoms with van der Waals surface area (Å²) < 4.78 is 1.94. The molecule has 1 N–H and O–H groups in total. The smallest absolute Gasteiger partial charge is 0.0964 e. The molecule has 0 bridgehead atoms. The Morgan fingerprint density at radius 1 is 1.44 bits per heavy atom. The van der Waals surface area contributed by atoms with E-state index >= 15 is 0 Å². The molecule has 1 aromatic rings. The number of hydrogen-bond acceptors (Lipinski definition) is 4. The molecule has 104 valence electrons. The molecule has 0 saturated heterocycles. The summed E-state index contributed by atoms with van der Waals surface area (Å²) in [4.78, 5) is 2.48. The molecule has 0 saturated carbocycles. The maximum Gasteiger partial charge on any atom is 0.0964 e. The van der Waals surface area contributed by atoms with Gasteiger partial charge < -0.3 is 10.2 Å². The van der Waals surface area contributed by atoms with Gasteiger partial charge in [-0.25, -0.2) is 0 Å². The number of aromatic nitrogens is 3. The van der Waals surface area contributed by atoms with Crippen LogP contribution in [-0.4, -0.2) is 46.6 Å². The normalized spacial score (nSPS) is 13.2. The first kappa shape index (κ1) is 15.1. The Hall–Kier alpha value is -0.940. The maximum atomic E-state index is 4.14. The molecule has 0 aliphatic rings. The van der Waals surface area contributed by atoms with E-state index in [0.717, 1.165) is 37.8 Å². The van der Waals surface area contributed by atoms with Gasteiger partial charge >= 0.3 is 0 Å². The topological polar surface area (TPSA) is 46.0 Å². The summed E-state index contributed by atoms with van der Waals surface area (Å²) in [5.74, 6) is 0.764. The zero-order valence-corrected chi connectivity index (χ0v) is 12.2. The highest BCUT2D eigenvalue weighted by Crippen LogP contribution is 2.04. The van der Waals surface area contributed by atoms with Gasteiger partial charge in [0.15, 0.2) is 0 Å². The van der Waals surface area contributed by atoms with Gasteiger partial charge in [0, 0.05) is 25.8 Å². The third-order valence-electron chi connectivity index (χ3n) is 3.30. The highest BCUT2D eigenvalue weighted by atomic mass is 15.4. The van der Waals surface area contributed by atoms with Gasteiger partial charge in [-0.3, -0.25) is 4.68 Å². The first-order valence-corrected chi connectivity index (χ1v) is 6.95. The Labute approximate surface area is 111 Å². The van der Waals surface area contributed by atoms with Crippen LogP contribution in [0.1, 0.15) is 32.9 Å². The van der Waals surface area contributed by atoms with Gasteiger partial charge in [-0.15, -0.1) is 5.10 Å². The molecule has 0 aromatic carbocycles. The van der Waals surface area contributed by atoms with E-state index in [1.165, 1.54) is 13.0 Å². The number of nitrogens with one attached hydrogen (secondary N) is 1. The second kappa shape index (κ2) is 8.21. The van der Waals surface area contributed by atoms with Crippen molar-refractivity contribution >= 4 is 0 Å². The summed E-state index contributed by atoms with van der Waals surface area (Å²) in [5.41, 5.74) is 1.00. The lowest BCUT2D eigenvalue weighted by atomic mass is 10.1. The van der Waals surface area contributed by atoms with Gasteiger partial charge in [-0.05, 0) is 19.5 Å². The molecule has 5 heteroatoms. The molecule has 5 nitrogen and oxygen atoms in total. The summed E-state index contributed by atoms with van der Waals surface area (Å²) in [6, 6.07) is 0. The minimum Gasteiger partial charge on any atom is -0.314 e. The van der Waals surface area contributed by atoms with Crippen LogP contribution in [0.4, 0.5) is 0 Å². The first-order chi connectivity index (χ1) is 8.69. The quantitative estimate of drug-likeness (QED) is 0.722. The Balaban J connectivity index is 2.36. The van der Waals surface area contributed by atoms with Crippen molar-refractivity contribution in [3.05, 3.63) is 11.9 Å². The number of nitrogens with zero attached hydrogens (tertiary/aromatic N) is 4. The minimum atomic E-state index is 0.764. The zero-order chi connectivity index (χ0) is 13.4. The van der Waals surface area contributed by atoms with E-state index < -0.39 is 0 Å². The molecule has 0 fully saturated rings. The lowest BCUT2D eigenvalue weighted by molar-refractivity contribution is 0.233. The summed E-state index contributed by atoms with van der Waals surface area (Å²) in [5, 5.41) is 11.3. The third-order valence-corrected chi connectivity index (χ3v) is 3.30. The first-order valence-electron chi connectivity index (χ1n) is 6.95. The molecule has 1 heterocycles. The molecular formula is C13H27N5. The predicted molar refractivity (Wildman–Crippen MR) is 74.4 cm³/mol. The molecule has 0 spiro atoms. The van der Waals surface area contributed by atoms with Crippen LogP contribution in [0.15, 0.2) is 6.20 Å². The van der Waals surface area contributed by atoms with Crippen LogP contribution in [0.2, 0.25) is 0 Å². The standard InChI is InChI=1S/C13H27N5/c1-5-12(3)10-17(6-2)7-8-18-11-13(9-14-4)15-16-18/h11-12,14H,5-10H2,1-4H3. The summed E-state index contributed by atoms with van der Waals surface area (Å²) in [6.45, 7) is 11.8. The molecule has 0 aliphatic heterocycles. The number of hydrogen-bond donors (Lipinski definition) is 1. The van der Waals surface area contributed by atoms with Crippen LogP contribution in [0.25, 0.3) is 0 Å². The highest BCUT2D eigenvalue weighted by molar-refractivity contribution is 4.91. The molecule has 1 atom stereocenters. The van der Waals surface area contributed by atoms with E-state index in [1.54, 1.807) is 0 Å². The van der Waals surface area contributed by atoms with Crippen molar-refractivity contribution in [1.29, 1.82) is 0 Å². The Morgan fingerprint density at radius 2 is 2.22 bits per heavy atom. The second-order valence-corrected chi connectivity index (χ2v) is 4.91. The van der Waals surface area contributed by atoms with E-state index in [1.807, 2.05) is 17.9 Å². The largest absolute Gasteiger partial charge is 0.314 e. The van der Waals surface area contributed by atoms with Crippen LogP contribution in [0, 0.1) is 5.92 Å². The lowest BCUT2D eigenvalue weighted by Crippen LogP contribution is -2.31. The maximum absolute atomic E-state index is 4.14.